The largest absolute Gasteiger partial charge is 0.287 e. The van der Waals surface area contributed by atoms with Crippen LogP contribution in [0.3, 0.4) is 0 Å². The second-order valence-electron chi connectivity index (χ2n) is 4.34. The van der Waals surface area contributed by atoms with E-state index in [1.54, 1.807) is 6.07 Å². The average molecular weight is 249 g/mol. The van der Waals surface area contributed by atoms with E-state index in [1.807, 2.05) is 36.4 Å². The molecule has 92 valence electrons. The number of nitrogens with one attached hydrogen (secondary N) is 2. The van der Waals surface area contributed by atoms with Gasteiger partial charge in [0.15, 0.2) is 0 Å². The number of nitriles is 1. The first-order valence-electron chi connectivity index (χ1n) is 5.95. The number of hydrogen-bond acceptors (Lipinski definition) is 3. The zero-order chi connectivity index (χ0) is 13.2. The Morgan fingerprint density at radius 3 is 2.63 bits per heavy atom. The Kier molecular flexibility index (Phi) is 2.75. The first-order valence-corrected chi connectivity index (χ1v) is 5.95. The van der Waals surface area contributed by atoms with E-state index in [9.17, 15) is 4.79 Å². The molecule has 2 aromatic rings. The molecule has 2 aromatic carbocycles. The molecule has 1 heterocycles. The lowest BCUT2D eigenvalue weighted by Gasteiger charge is -2.04. The van der Waals surface area contributed by atoms with Gasteiger partial charge in [-0.05, 0) is 23.1 Å². The minimum absolute atomic E-state index is 0.103. The number of hydrazine groups is 1. The SMILES string of the molecule is N#Cc1ccc(/C=C2\CNNC2=O)c2ccccc12. The zero-order valence-corrected chi connectivity index (χ0v) is 10.1. The van der Waals surface area contributed by atoms with Gasteiger partial charge in [0.05, 0.1) is 11.6 Å². The first kappa shape index (κ1) is 11.5. The fraction of sp³-hybridized carbons (Fsp3) is 0.0667. The highest BCUT2D eigenvalue weighted by Crippen LogP contribution is 2.24. The van der Waals surface area contributed by atoms with Crippen LogP contribution in [0.1, 0.15) is 11.1 Å². The molecule has 0 spiro atoms. The highest BCUT2D eigenvalue weighted by atomic mass is 16.2. The number of carbonyl (C=O) groups excluding carboxylic acids is 1. The van der Waals surface area contributed by atoms with E-state index in [4.69, 9.17) is 5.26 Å². The predicted octanol–water partition coefficient (Wildman–Crippen LogP) is 1.73. The van der Waals surface area contributed by atoms with Crippen molar-refractivity contribution in [2.24, 2.45) is 0 Å². The molecule has 1 saturated heterocycles. The Morgan fingerprint density at radius 2 is 1.95 bits per heavy atom. The van der Waals surface area contributed by atoms with Crippen LogP contribution in [0.4, 0.5) is 0 Å². The number of hydrogen-bond donors (Lipinski definition) is 2. The third-order valence-corrected chi connectivity index (χ3v) is 3.18. The maximum absolute atomic E-state index is 11.5. The Hall–Kier alpha value is -2.64. The molecular formula is C15H11N3O. The molecular weight excluding hydrogens is 238 g/mol. The van der Waals surface area contributed by atoms with E-state index >= 15 is 0 Å². The summed E-state index contributed by atoms with van der Waals surface area (Å²) in [5.74, 6) is -0.103. The molecule has 1 aliphatic rings. The summed E-state index contributed by atoms with van der Waals surface area (Å²) in [6, 6.07) is 13.6. The molecule has 0 atom stereocenters. The average Bonchev–Trinajstić information content (AvgIpc) is 2.85. The van der Waals surface area contributed by atoms with Gasteiger partial charge in [-0.25, -0.2) is 5.43 Å². The summed E-state index contributed by atoms with van der Waals surface area (Å²) >= 11 is 0. The summed E-state index contributed by atoms with van der Waals surface area (Å²) in [6.45, 7) is 0.507. The third kappa shape index (κ3) is 1.96. The minimum Gasteiger partial charge on any atom is -0.287 e. The molecule has 0 radical (unpaired) electrons. The molecule has 0 bridgehead atoms. The summed E-state index contributed by atoms with van der Waals surface area (Å²) in [4.78, 5) is 11.5. The van der Waals surface area contributed by atoms with Crippen molar-refractivity contribution in [1.82, 2.24) is 10.9 Å². The van der Waals surface area contributed by atoms with E-state index in [-0.39, 0.29) is 5.91 Å². The lowest BCUT2D eigenvalue weighted by atomic mass is 9.98. The van der Waals surface area contributed by atoms with Gasteiger partial charge in [0.2, 0.25) is 0 Å². The topological polar surface area (TPSA) is 64.9 Å². The van der Waals surface area contributed by atoms with Crippen LogP contribution < -0.4 is 10.9 Å². The second kappa shape index (κ2) is 4.56. The Morgan fingerprint density at radius 1 is 1.16 bits per heavy atom. The summed E-state index contributed by atoms with van der Waals surface area (Å²) in [5.41, 5.74) is 7.63. The molecule has 4 heteroatoms. The Balaban J connectivity index is 2.21. The van der Waals surface area contributed by atoms with Crippen molar-refractivity contribution in [3.8, 4) is 6.07 Å². The molecule has 0 aromatic heterocycles. The summed E-state index contributed by atoms with van der Waals surface area (Å²) < 4.78 is 0. The van der Waals surface area contributed by atoms with Crippen LogP contribution in [0.25, 0.3) is 16.8 Å². The normalized spacial score (nSPS) is 16.6. The van der Waals surface area contributed by atoms with Crippen molar-refractivity contribution in [1.29, 1.82) is 5.26 Å². The number of rotatable bonds is 1. The van der Waals surface area contributed by atoms with E-state index in [0.29, 0.717) is 17.7 Å². The van der Waals surface area contributed by atoms with Crippen molar-refractivity contribution >= 4 is 22.8 Å². The van der Waals surface area contributed by atoms with Crippen molar-refractivity contribution < 1.29 is 4.79 Å². The van der Waals surface area contributed by atoms with Gasteiger partial charge in [-0.3, -0.25) is 10.2 Å². The zero-order valence-electron chi connectivity index (χ0n) is 10.1. The molecule has 1 fully saturated rings. The fourth-order valence-corrected chi connectivity index (χ4v) is 2.23. The quantitative estimate of drug-likeness (QED) is 0.756. The van der Waals surface area contributed by atoms with Crippen molar-refractivity contribution in [2.45, 2.75) is 0 Å². The molecule has 3 rings (SSSR count). The monoisotopic (exact) mass is 249 g/mol. The Bertz CT molecular complexity index is 741. The van der Waals surface area contributed by atoms with Crippen LogP contribution in [0, 0.1) is 11.3 Å². The first-order chi connectivity index (χ1) is 9.29. The van der Waals surface area contributed by atoms with Gasteiger partial charge in [-0.2, -0.15) is 5.26 Å². The van der Waals surface area contributed by atoms with Crippen LogP contribution in [0.2, 0.25) is 0 Å². The minimum atomic E-state index is -0.103. The van der Waals surface area contributed by atoms with Gasteiger partial charge in [0, 0.05) is 17.5 Å². The summed E-state index contributed by atoms with van der Waals surface area (Å²) in [7, 11) is 0. The smallest absolute Gasteiger partial charge is 0.262 e. The van der Waals surface area contributed by atoms with Crippen LogP contribution in [0.15, 0.2) is 42.0 Å². The predicted molar refractivity (Wildman–Crippen MR) is 72.8 cm³/mol. The van der Waals surface area contributed by atoms with E-state index < -0.39 is 0 Å². The van der Waals surface area contributed by atoms with E-state index in [0.717, 1.165) is 16.3 Å². The van der Waals surface area contributed by atoms with Crippen LogP contribution >= 0.6 is 0 Å². The van der Waals surface area contributed by atoms with Crippen molar-refractivity contribution in [2.75, 3.05) is 6.54 Å². The van der Waals surface area contributed by atoms with Gasteiger partial charge < -0.3 is 0 Å². The highest BCUT2D eigenvalue weighted by molar-refractivity contribution is 6.03. The van der Waals surface area contributed by atoms with E-state index in [1.165, 1.54) is 0 Å². The van der Waals surface area contributed by atoms with Gasteiger partial charge in [0.25, 0.3) is 5.91 Å². The number of benzene rings is 2. The second-order valence-corrected chi connectivity index (χ2v) is 4.34. The summed E-state index contributed by atoms with van der Waals surface area (Å²) in [5, 5.41) is 11.0. The maximum atomic E-state index is 11.5. The lowest BCUT2D eigenvalue weighted by Crippen LogP contribution is -2.25. The molecule has 0 unspecified atom stereocenters. The molecule has 1 amide bonds. The van der Waals surface area contributed by atoms with Crippen molar-refractivity contribution in [3.05, 3.63) is 53.1 Å². The third-order valence-electron chi connectivity index (χ3n) is 3.18. The molecule has 0 saturated carbocycles. The van der Waals surface area contributed by atoms with Crippen LogP contribution in [-0.2, 0) is 4.79 Å². The van der Waals surface area contributed by atoms with Gasteiger partial charge in [-0.1, -0.05) is 30.3 Å². The fourth-order valence-electron chi connectivity index (χ4n) is 2.23. The highest BCUT2D eigenvalue weighted by Gasteiger charge is 2.16. The van der Waals surface area contributed by atoms with E-state index in [2.05, 4.69) is 16.9 Å². The molecule has 2 N–H and O–H groups in total. The standard InChI is InChI=1S/C15H11N3O/c16-8-11-6-5-10(7-12-9-17-18-15(12)19)13-3-1-2-4-14(11)13/h1-7,17H,9H2,(H,18,19)/b12-7+. The molecule has 4 nitrogen and oxygen atoms in total. The Labute approximate surface area is 110 Å². The summed E-state index contributed by atoms with van der Waals surface area (Å²) in [6.07, 6.45) is 1.86. The molecule has 19 heavy (non-hydrogen) atoms. The lowest BCUT2D eigenvalue weighted by molar-refractivity contribution is -0.116. The van der Waals surface area contributed by atoms with Gasteiger partial charge in [-0.15, -0.1) is 0 Å². The van der Waals surface area contributed by atoms with Crippen LogP contribution in [-0.4, -0.2) is 12.5 Å². The van der Waals surface area contributed by atoms with Gasteiger partial charge >= 0.3 is 0 Å². The molecule has 1 aliphatic heterocycles. The van der Waals surface area contributed by atoms with Crippen molar-refractivity contribution in [3.63, 3.8) is 0 Å². The number of nitrogens with zero attached hydrogens (tertiary/aromatic N) is 1. The number of amides is 1. The number of fused-ring (bicyclic) bond motifs is 1. The number of carbonyl (C=O) groups is 1. The van der Waals surface area contributed by atoms with Gasteiger partial charge in [0.1, 0.15) is 0 Å². The maximum Gasteiger partial charge on any atom is 0.262 e. The molecule has 0 aliphatic carbocycles. The van der Waals surface area contributed by atoms with Crippen LogP contribution in [0.5, 0.6) is 0 Å².